The lowest BCUT2D eigenvalue weighted by atomic mass is 9.99. The molecule has 2 fully saturated rings. The van der Waals surface area contributed by atoms with Crippen LogP contribution < -0.4 is 5.73 Å². The lowest BCUT2D eigenvalue weighted by Gasteiger charge is -2.26. The van der Waals surface area contributed by atoms with Crippen LogP contribution in [0.1, 0.15) is 16.8 Å². The van der Waals surface area contributed by atoms with Crippen LogP contribution in [-0.4, -0.2) is 34.3 Å². The molecule has 5 nitrogen and oxygen atoms in total. The maximum Gasteiger partial charge on any atom is 0.255 e. The van der Waals surface area contributed by atoms with Crippen LogP contribution in [0, 0.1) is 11.8 Å². The van der Waals surface area contributed by atoms with Crippen molar-refractivity contribution in [3.8, 4) is 11.1 Å². The van der Waals surface area contributed by atoms with E-state index in [0.29, 0.717) is 18.0 Å². The summed E-state index contributed by atoms with van der Waals surface area (Å²) in [7, 11) is 0. The van der Waals surface area contributed by atoms with Crippen LogP contribution >= 0.6 is 0 Å². The Bertz CT molecular complexity index is 775. The van der Waals surface area contributed by atoms with Gasteiger partial charge in [-0.3, -0.25) is 14.6 Å². The largest absolute Gasteiger partial charge is 0.368 e. The summed E-state index contributed by atoms with van der Waals surface area (Å²) in [5.41, 5.74) is 7.83. The highest BCUT2D eigenvalue weighted by Gasteiger charge is 2.56. The van der Waals surface area contributed by atoms with Gasteiger partial charge in [-0.15, -0.1) is 0 Å². The normalized spacial score (nSPS) is 25.0. The SMILES string of the molecule is NC(=O)[C@@H]1[C@@H]2C[C@@H]2CN1C(=O)c1ccccc1-c1cccnc1. The van der Waals surface area contributed by atoms with E-state index in [4.69, 9.17) is 5.73 Å². The van der Waals surface area contributed by atoms with Gasteiger partial charge in [0.1, 0.15) is 6.04 Å². The summed E-state index contributed by atoms with van der Waals surface area (Å²) in [6.07, 6.45) is 4.44. The number of carbonyl (C=O) groups is 2. The summed E-state index contributed by atoms with van der Waals surface area (Å²) < 4.78 is 0. The van der Waals surface area contributed by atoms with Crippen molar-refractivity contribution in [2.45, 2.75) is 12.5 Å². The van der Waals surface area contributed by atoms with Gasteiger partial charge in [-0.2, -0.15) is 0 Å². The van der Waals surface area contributed by atoms with Crippen LogP contribution in [-0.2, 0) is 4.79 Å². The molecule has 5 heteroatoms. The first kappa shape index (κ1) is 13.9. The van der Waals surface area contributed by atoms with Crippen LogP contribution in [0.25, 0.3) is 11.1 Å². The molecule has 0 spiro atoms. The second-order valence-electron chi connectivity index (χ2n) is 6.25. The number of piperidine rings is 1. The number of hydrogen-bond acceptors (Lipinski definition) is 3. The predicted molar refractivity (Wildman–Crippen MR) is 85.3 cm³/mol. The highest BCUT2D eigenvalue weighted by molar-refractivity contribution is 6.03. The van der Waals surface area contributed by atoms with E-state index < -0.39 is 11.9 Å². The summed E-state index contributed by atoms with van der Waals surface area (Å²) in [4.78, 5) is 30.5. The van der Waals surface area contributed by atoms with E-state index in [1.165, 1.54) is 0 Å². The lowest BCUT2D eigenvalue weighted by molar-refractivity contribution is -0.122. The monoisotopic (exact) mass is 307 g/mol. The molecule has 1 saturated carbocycles. The third-order valence-corrected chi connectivity index (χ3v) is 4.83. The summed E-state index contributed by atoms with van der Waals surface area (Å²) in [5, 5.41) is 0. The van der Waals surface area contributed by atoms with Gasteiger partial charge in [0.25, 0.3) is 5.91 Å². The second kappa shape index (κ2) is 5.19. The molecule has 4 rings (SSSR count). The van der Waals surface area contributed by atoms with E-state index in [1.54, 1.807) is 23.4 Å². The minimum Gasteiger partial charge on any atom is -0.368 e. The summed E-state index contributed by atoms with van der Waals surface area (Å²) in [5.74, 6) is 0.159. The van der Waals surface area contributed by atoms with E-state index in [1.807, 2.05) is 30.3 Å². The fourth-order valence-corrected chi connectivity index (χ4v) is 3.64. The minimum atomic E-state index is -0.463. The Morgan fingerprint density at radius 3 is 2.74 bits per heavy atom. The average molecular weight is 307 g/mol. The molecule has 2 N–H and O–H groups in total. The van der Waals surface area contributed by atoms with Crippen LogP contribution in [0.3, 0.4) is 0 Å². The highest BCUT2D eigenvalue weighted by atomic mass is 16.2. The number of benzene rings is 1. The van der Waals surface area contributed by atoms with Crippen molar-refractivity contribution in [3.05, 3.63) is 54.4 Å². The molecule has 2 aliphatic rings. The lowest BCUT2D eigenvalue weighted by Crippen LogP contribution is -2.46. The van der Waals surface area contributed by atoms with E-state index in [0.717, 1.165) is 17.5 Å². The fourth-order valence-electron chi connectivity index (χ4n) is 3.64. The first-order chi connectivity index (χ1) is 11.2. The molecule has 23 heavy (non-hydrogen) atoms. The predicted octanol–water partition coefficient (Wildman–Crippen LogP) is 1.69. The van der Waals surface area contributed by atoms with Gasteiger partial charge in [-0.25, -0.2) is 0 Å². The third kappa shape index (κ3) is 2.29. The molecule has 0 unspecified atom stereocenters. The van der Waals surface area contributed by atoms with E-state index in [2.05, 4.69) is 4.98 Å². The van der Waals surface area contributed by atoms with Crippen molar-refractivity contribution in [3.63, 3.8) is 0 Å². The number of hydrogen-bond donors (Lipinski definition) is 1. The van der Waals surface area contributed by atoms with Gasteiger partial charge in [0.05, 0.1) is 0 Å². The smallest absolute Gasteiger partial charge is 0.255 e. The molecular weight excluding hydrogens is 290 g/mol. The topological polar surface area (TPSA) is 76.3 Å². The number of carbonyl (C=O) groups excluding carboxylic acids is 2. The first-order valence-electron chi connectivity index (χ1n) is 7.76. The van der Waals surface area contributed by atoms with Crippen molar-refractivity contribution in [1.82, 2.24) is 9.88 Å². The average Bonchev–Trinajstić information content (AvgIpc) is 3.24. The second-order valence-corrected chi connectivity index (χ2v) is 6.25. The number of nitrogens with zero attached hydrogens (tertiary/aromatic N) is 2. The molecule has 1 saturated heterocycles. The van der Waals surface area contributed by atoms with Gasteiger partial charge < -0.3 is 10.6 Å². The van der Waals surface area contributed by atoms with E-state index in [9.17, 15) is 9.59 Å². The van der Waals surface area contributed by atoms with E-state index in [-0.39, 0.29) is 11.8 Å². The molecule has 1 aromatic carbocycles. The zero-order chi connectivity index (χ0) is 16.0. The molecule has 1 aliphatic carbocycles. The van der Waals surface area contributed by atoms with Gasteiger partial charge in [0, 0.05) is 30.1 Å². The highest BCUT2D eigenvalue weighted by Crippen LogP contribution is 2.50. The van der Waals surface area contributed by atoms with E-state index >= 15 is 0 Å². The zero-order valence-electron chi connectivity index (χ0n) is 12.6. The fraction of sp³-hybridized carbons (Fsp3) is 0.278. The Labute approximate surface area is 134 Å². The zero-order valence-corrected chi connectivity index (χ0v) is 12.6. The van der Waals surface area contributed by atoms with Crippen molar-refractivity contribution in [2.75, 3.05) is 6.54 Å². The summed E-state index contributed by atoms with van der Waals surface area (Å²) >= 11 is 0. The van der Waals surface area contributed by atoms with Gasteiger partial charge >= 0.3 is 0 Å². The maximum atomic E-state index is 13.0. The molecule has 2 aromatic rings. The van der Waals surface area contributed by atoms with Crippen LogP contribution in [0.5, 0.6) is 0 Å². The Balaban J connectivity index is 1.71. The Morgan fingerprint density at radius 2 is 2.00 bits per heavy atom. The summed E-state index contributed by atoms with van der Waals surface area (Å²) in [6, 6.07) is 10.7. The number of likely N-dealkylation sites (tertiary alicyclic amines) is 1. The standard InChI is InChI=1S/C18H17N3O2/c19-17(22)16-15-8-12(15)10-21(16)18(23)14-6-2-1-5-13(14)11-4-3-7-20-9-11/h1-7,9,12,15-16H,8,10H2,(H2,19,22)/t12-,15-,16+/m1/s1. The number of aromatic nitrogens is 1. The number of rotatable bonds is 3. The van der Waals surface area contributed by atoms with Crippen molar-refractivity contribution in [2.24, 2.45) is 17.6 Å². The molecule has 1 aromatic heterocycles. The van der Waals surface area contributed by atoms with Gasteiger partial charge in [-0.1, -0.05) is 24.3 Å². The molecule has 2 heterocycles. The van der Waals surface area contributed by atoms with Crippen molar-refractivity contribution < 1.29 is 9.59 Å². The van der Waals surface area contributed by atoms with Gasteiger partial charge in [-0.05, 0) is 36.0 Å². The molecule has 3 atom stereocenters. The molecule has 0 radical (unpaired) electrons. The quantitative estimate of drug-likeness (QED) is 0.937. The van der Waals surface area contributed by atoms with Crippen LogP contribution in [0.2, 0.25) is 0 Å². The third-order valence-electron chi connectivity index (χ3n) is 4.83. The molecule has 2 amide bonds. The van der Waals surface area contributed by atoms with Gasteiger partial charge in [0.15, 0.2) is 0 Å². The Morgan fingerprint density at radius 1 is 1.17 bits per heavy atom. The first-order valence-corrected chi connectivity index (χ1v) is 7.76. The van der Waals surface area contributed by atoms with Crippen LogP contribution in [0.15, 0.2) is 48.8 Å². The van der Waals surface area contributed by atoms with Gasteiger partial charge in [0.2, 0.25) is 5.91 Å². The minimum absolute atomic E-state index is 0.125. The van der Waals surface area contributed by atoms with Crippen molar-refractivity contribution in [1.29, 1.82) is 0 Å². The Hall–Kier alpha value is -2.69. The number of amides is 2. The number of primary amides is 1. The molecule has 1 aliphatic heterocycles. The number of pyridine rings is 1. The summed E-state index contributed by atoms with van der Waals surface area (Å²) in [6.45, 7) is 0.623. The molecule has 0 bridgehead atoms. The maximum absolute atomic E-state index is 13.0. The number of nitrogens with two attached hydrogens (primary N) is 1. The molecular formula is C18H17N3O2. The van der Waals surface area contributed by atoms with Crippen molar-refractivity contribution >= 4 is 11.8 Å². The molecule has 116 valence electrons. The Kier molecular flexibility index (Phi) is 3.15. The number of fused-ring (bicyclic) bond motifs is 1. The van der Waals surface area contributed by atoms with Crippen LogP contribution in [0.4, 0.5) is 0 Å².